The Balaban J connectivity index is 1.55. The van der Waals surface area contributed by atoms with Crippen LogP contribution in [0, 0.1) is 0 Å². The molecule has 1 N–H and O–H groups in total. The van der Waals surface area contributed by atoms with Gasteiger partial charge in [-0.1, -0.05) is 30.3 Å². The summed E-state index contributed by atoms with van der Waals surface area (Å²) in [5.41, 5.74) is -6.59. The number of carbonyl (C=O) groups excluding carboxylic acids is 1. The Labute approximate surface area is 209 Å². The van der Waals surface area contributed by atoms with E-state index in [0.29, 0.717) is 51.0 Å². The van der Waals surface area contributed by atoms with E-state index in [1.807, 2.05) is 12.1 Å². The van der Waals surface area contributed by atoms with Gasteiger partial charge in [0.2, 0.25) is 0 Å². The number of ether oxygens (including phenoxy) is 2. The molecule has 200 valence electrons. The summed E-state index contributed by atoms with van der Waals surface area (Å²) >= 11 is 0. The van der Waals surface area contributed by atoms with Gasteiger partial charge in [-0.15, -0.1) is 0 Å². The van der Waals surface area contributed by atoms with Crippen molar-refractivity contribution in [1.29, 1.82) is 0 Å². The highest BCUT2D eigenvalue weighted by Gasteiger charge is 2.57. The molecule has 37 heavy (non-hydrogen) atoms. The zero-order chi connectivity index (χ0) is 26.7. The van der Waals surface area contributed by atoms with Crippen molar-refractivity contribution in [3.63, 3.8) is 0 Å². The first-order valence-electron chi connectivity index (χ1n) is 12.0. The molecule has 3 aliphatic rings. The number of alkyl halides is 6. The van der Waals surface area contributed by atoms with Crippen molar-refractivity contribution in [3.05, 3.63) is 70.8 Å². The molecule has 1 atom stereocenters. The number of nitrogens with zero attached hydrogens (tertiary/aromatic N) is 1. The standard InChI is InChI=1S/C26H25F6NO4/c27-25(28,29)19-14-18(15-20(16-19)26(30,31)32)24(35)10-11-33(21(24)34)22(17-4-2-1-3-5-17)6-8-23(9-7-22)36-12-13-37-23/h1-5,14-16,35H,6-13H2/t24-/m0/s1. The van der Waals surface area contributed by atoms with Crippen LogP contribution < -0.4 is 0 Å². The SMILES string of the molecule is O=C1N(C2(c3ccccc3)CCC3(CC2)OCCO3)CC[C@]1(O)c1cc(C(F)(F)F)cc(C(F)(F)F)c1. The Morgan fingerprint density at radius 2 is 1.30 bits per heavy atom. The first-order chi connectivity index (χ1) is 17.3. The number of hydrogen-bond donors (Lipinski definition) is 1. The highest BCUT2D eigenvalue weighted by atomic mass is 19.4. The average Bonchev–Trinajstić information content (AvgIpc) is 3.44. The molecular formula is C26H25F6NO4. The lowest BCUT2D eigenvalue weighted by atomic mass is 9.73. The molecule has 1 aliphatic carbocycles. The van der Waals surface area contributed by atoms with Crippen LogP contribution in [0.1, 0.15) is 54.4 Å². The topological polar surface area (TPSA) is 59.0 Å². The molecule has 5 nitrogen and oxygen atoms in total. The van der Waals surface area contributed by atoms with Crippen molar-refractivity contribution in [2.75, 3.05) is 19.8 Å². The Kier molecular flexibility index (Phi) is 6.12. The molecule has 2 aliphatic heterocycles. The molecule has 0 aromatic heterocycles. The van der Waals surface area contributed by atoms with E-state index in [4.69, 9.17) is 9.47 Å². The largest absolute Gasteiger partial charge is 0.416 e. The van der Waals surface area contributed by atoms with Gasteiger partial charge in [0, 0.05) is 25.8 Å². The van der Waals surface area contributed by atoms with Gasteiger partial charge < -0.3 is 19.5 Å². The molecule has 1 amide bonds. The number of carbonyl (C=O) groups is 1. The smallest absolute Gasteiger partial charge is 0.375 e. The second-order valence-corrected chi connectivity index (χ2v) is 9.87. The molecular weight excluding hydrogens is 504 g/mol. The first kappa shape index (κ1) is 26.0. The van der Waals surface area contributed by atoms with Gasteiger partial charge in [-0.2, -0.15) is 26.3 Å². The van der Waals surface area contributed by atoms with Crippen LogP contribution in [0.15, 0.2) is 48.5 Å². The Bertz CT molecular complexity index is 1130. The minimum Gasteiger partial charge on any atom is -0.375 e. The third kappa shape index (κ3) is 4.40. The fourth-order valence-corrected chi connectivity index (χ4v) is 5.87. The van der Waals surface area contributed by atoms with Gasteiger partial charge in [0.1, 0.15) is 0 Å². The van der Waals surface area contributed by atoms with Crippen LogP contribution in [0.2, 0.25) is 0 Å². The minimum atomic E-state index is -5.10. The van der Waals surface area contributed by atoms with E-state index in [9.17, 15) is 36.2 Å². The molecule has 0 unspecified atom stereocenters. The number of benzene rings is 2. The Morgan fingerprint density at radius 1 is 0.757 bits per heavy atom. The molecule has 1 spiro atoms. The minimum absolute atomic E-state index is 0.0162. The van der Waals surface area contributed by atoms with Crippen molar-refractivity contribution in [2.45, 2.75) is 61.4 Å². The van der Waals surface area contributed by atoms with Crippen LogP contribution in [-0.2, 0) is 37.8 Å². The van der Waals surface area contributed by atoms with E-state index in [1.54, 1.807) is 18.2 Å². The third-order valence-electron chi connectivity index (χ3n) is 7.84. The van der Waals surface area contributed by atoms with E-state index in [-0.39, 0.29) is 19.0 Å². The van der Waals surface area contributed by atoms with Gasteiger partial charge in [0.15, 0.2) is 11.4 Å². The van der Waals surface area contributed by atoms with Crippen LogP contribution in [0.25, 0.3) is 0 Å². The van der Waals surface area contributed by atoms with Gasteiger partial charge in [0.05, 0.1) is 29.9 Å². The molecule has 11 heteroatoms. The van der Waals surface area contributed by atoms with Gasteiger partial charge in [-0.3, -0.25) is 4.79 Å². The van der Waals surface area contributed by atoms with Crippen molar-refractivity contribution >= 4 is 5.91 Å². The average molecular weight is 529 g/mol. The van der Waals surface area contributed by atoms with E-state index in [2.05, 4.69) is 0 Å². The maximum Gasteiger partial charge on any atom is 0.416 e. The third-order valence-corrected chi connectivity index (χ3v) is 7.84. The number of rotatable bonds is 3. The molecule has 0 radical (unpaired) electrons. The van der Waals surface area contributed by atoms with Gasteiger partial charge in [-0.25, -0.2) is 0 Å². The maximum absolute atomic E-state index is 13.8. The van der Waals surface area contributed by atoms with Gasteiger partial charge in [0.25, 0.3) is 5.91 Å². The summed E-state index contributed by atoms with van der Waals surface area (Å²) in [6.07, 6.45) is -8.91. The lowest BCUT2D eigenvalue weighted by Crippen LogP contribution is -2.54. The Hall–Kier alpha value is -2.63. The normalized spacial score (nSPS) is 25.7. The van der Waals surface area contributed by atoms with Crippen LogP contribution in [0.4, 0.5) is 26.3 Å². The van der Waals surface area contributed by atoms with Gasteiger partial charge >= 0.3 is 12.4 Å². The monoisotopic (exact) mass is 529 g/mol. The first-order valence-corrected chi connectivity index (χ1v) is 12.0. The number of hydrogen-bond acceptors (Lipinski definition) is 4. The lowest BCUT2D eigenvalue weighted by molar-refractivity contribution is -0.197. The molecule has 2 heterocycles. The summed E-state index contributed by atoms with van der Waals surface area (Å²) in [5, 5.41) is 11.4. The fraction of sp³-hybridized carbons (Fsp3) is 0.500. The molecule has 1 saturated carbocycles. The molecule has 5 rings (SSSR count). The molecule has 2 aromatic rings. The second kappa shape index (κ2) is 8.71. The van der Waals surface area contributed by atoms with Crippen molar-refractivity contribution < 1.29 is 45.7 Å². The Morgan fingerprint density at radius 3 is 1.81 bits per heavy atom. The quantitative estimate of drug-likeness (QED) is 0.545. The van der Waals surface area contributed by atoms with Crippen LogP contribution in [0.5, 0.6) is 0 Å². The zero-order valence-electron chi connectivity index (χ0n) is 19.7. The van der Waals surface area contributed by atoms with Crippen LogP contribution in [-0.4, -0.2) is 41.5 Å². The summed E-state index contributed by atoms with van der Waals surface area (Å²) in [5.74, 6) is -1.70. The number of amides is 1. The predicted molar refractivity (Wildman–Crippen MR) is 118 cm³/mol. The molecule has 3 fully saturated rings. The zero-order valence-corrected chi connectivity index (χ0v) is 19.7. The number of aliphatic hydroxyl groups is 1. The molecule has 0 bridgehead atoms. The number of likely N-dealkylation sites (tertiary alicyclic amines) is 1. The lowest BCUT2D eigenvalue weighted by Gasteiger charge is -2.49. The fourth-order valence-electron chi connectivity index (χ4n) is 5.87. The molecule has 2 aromatic carbocycles. The second-order valence-electron chi connectivity index (χ2n) is 9.87. The highest BCUT2D eigenvalue weighted by molar-refractivity contribution is 5.89. The summed E-state index contributed by atoms with van der Waals surface area (Å²) in [6, 6.07) is 9.88. The maximum atomic E-state index is 13.8. The van der Waals surface area contributed by atoms with Crippen molar-refractivity contribution in [1.82, 2.24) is 4.90 Å². The predicted octanol–water partition coefficient (Wildman–Crippen LogP) is 5.36. The van der Waals surface area contributed by atoms with E-state index in [1.165, 1.54) is 4.90 Å². The van der Waals surface area contributed by atoms with Crippen LogP contribution >= 0.6 is 0 Å². The van der Waals surface area contributed by atoms with E-state index < -0.39 is 51.9 Å². The number of halogens is 6. The summed E-state index contributed by atoms with van der Waals surface area (Å²) < 4.78 is 92.5. The van der Waals surface area contributed by atoms with Crippen molar-refractivity contribution in [3.8, 4) is 0 Å². The van der Waals surface area contributed by atoms with E-state index >= 15 is 0 Å². The van der Waals surface area contributed by atoms with Crippen LogP contribution in [0.3, 0.4) is 0 Å². The van der Waals surface area contributed by atoms with Crippen molar-refractivity contribution in [2.24, 2.45) is 0 Å². The summed E-state index contributed by atoms with van der Waals surface area (Å²) in [6.45, 7) is 0.839. The van der Waals surface area contributed by atoms with E-state index in [0.717, 1.165) is 5.56 Å². The van der Waals surface area contributed by atoms with Gasteiger partial charge in [-0.05, 0) is 42.2 Å². The molecule has 2 saturated heterocycles. The summed E-state index contributed by atoms with van der Waals surface area (Å²) in [7, 11) is 0. The highest BCUT2D eigenvalue weighted by Crippen LogP contribution is 2.52. The summed E-state index contributed by atoms with van der Waals surface area (Å²) in [4.78, 5) is 15.2.